The normalized spacial score (nSPS) is 28.1. The number of halogens is 1. The standard InChI is InChI=1S/C14H21ClN2O/c1-9-3-4-11(7-10(9)2)18-14-6-5-12(15)13(8-16)17-14/h5-6,9-11H,3-4,7-8,16H2,1-2H3. The predicted octanol–water partition coefficient (Wildman–Crippen LogP) is 3.40. The van der Waals surface area contributed by atoms with Crippen molar-refractivity contribution in [3.8, 4) is 5.88 Å². The molecule has 3 atom stereocenters. The second-order valence-corrected chi connectivity index (χ2v) is 5.70. The first-order valence-electron chi connectivity index (χ1n) is 6.62. The molecular formula is C14H21ClN2O. The van der Waals surface area contributed by atoms with E-state index in [-0.39, 0.29) is 6.10 Å². The van der Waals surface area contributed by atoms with Crippen LogP contribution in [0.5, 0.6) is 5.88 Å². The van der Waals surface area contributed by atoms with E-state index in [9.17, 15) is 0 Å². The molecule has 2 N–H and O–H groups in total. The van der Waals surface area contributed by atoms with E-state index in [0.29, 0.717) is 29.1 Å². The van der Waals surface area contributed by atoms with Crippen molar-refractivity contribution in [3.05, 3.63) is 22.8 Å². The van der Waals surface area contributed by atoms with E-state index < -0.39 is 0 Å². The van der Waals surface area contributed by atoms with Gasteiger partial charge in [0.05, 0.1) is 10.7 Å². The van der Waals surface area contributed by atoms with Gasteiger partial charge >= 0.3 is 0 Å². The monoisotopic (exact) mass is 268 g/mol. The third kappa shape index (κ3) is 3.15. The van der Waals surface area contributed by atoms with Crippen LogP contribution in [0, 0.1) is 11.8 Å². The van der Waals surface area contributed by atoms with Crippen LogP contribution in [0.25, 0.3) is 0 Å². The third-order valence-corrected chi connectivity index (χ3v) is 4.27. The number of nitrogens with two attached hydrogens (primary N) is 1. The second kappa shape index (κ2) is 5.89. The van der Waals surface area contributed by atoms with E-state index in [2.05, 4.69) is 18.8 Å². The molecule has 1 saturated carbocycles. The van der Waals surface area contributed by atoms with Crippen LogP contribution in [-0.4, -0.2) is 11.1 Å². The molecule has 0 radical (unpaired) electrons. The molecule has 2 rings (SSSR count). The van der Waals surface area contributed by atoms with E-state index >= 15 is 0 Å². The Hall–Kier alpha value is -0.800. The van der Waals surface area contributed by atoms with Gasteiger partial charge in [-0.25, -0.2) is 4.98 Å². The molecule has 3 unspecified atom stereocenters. The molecule has 0 bridgehead atoms. The summed E-state index contributed by atoms with van der Waals surface area (Å²) in [4.78, 5) is 4.35. The van der Waals surface area contributed by atoms with Crippen LogP contribution in [0.2, 0.25) is 5.02 Å². The molecule has 1 aliphatic carbocycles. The number of rotatable bonds is 3. The average molecular weight is 269 g/mol. The molecule has 1 fully saturated rings. The van der Waals surface area contributed by atoms with Gasteiger partial charge < -0.3 is 10.5 Å². The van der Waals surface area contributed by atoms with Gasteiger partial charge in [-0.15, -0.1) is 0 Å². The smallest absolute Gasteiger partial charge is 0.213 e. The maximum atomic E-state index is 5.98. The first-order chi connectivity index (χ1) is 8.60. The highest BCUT2D eigenvalue weighted by Gasteiger charge is 2.26. The van der Waals surface area contributed by atoms with Crippen molar-refractivity contribution < 1.29 is 4.74 Å². The minimum atomic E-state index is 0.274. The molecule has 4 heteroatoms. The summed E-state index contributed by atoms with van der Waals surface area (Å²) in [6.45, 7) is 4.95. The number of hydrogen-bond donors (Lipinski definition) is 1. The highest BCUT2D eigenvalue weighted by atomic mass is 35.5. The zero-order chi connectivity index (χ0) is 13.1. The number of hydrogen-bond acceptors (Lipinski definition) is 3. The van der Waals surface area contributed by atoms with E-state index in [0.717, 1.165) is 18.8 Å². The molecule has 0 aromatic carbocycles. The van der Waals surface area contributed by atoms with Crippen molar-refractivity contribution in [2.24, 2.45) is 17.6 Å². The fourth-order valence-corrected chi connectivity index (χ4v) is 2.63. The van der Waals surface area contributed by atoms with Gasteiger partial charge in [0.15, 0.2) is 0 Å². The number of nitrogens with zero attached hydrogens (tertiary/aromatic N) is 1. The maximum Gasteiger partial charge on any atom is 0.213 e. The summed E-state index contributed by atoms with van der Waals surface area (Å²) in [6.07, 6.45) is 3.70. The van der Waals surface area contributed by atoms with Crippen molar-refractivity contribution in [3.63, 3.8) is 0 Å². The van der Waals surface area contributed by atoms with Gasteiger partial charge in [-0.05, 0) is 37.2 Å². The summed E-state index contributed by atoms with van der Waals surface area (Å²) < 4.78 is 5.95. The Morgan fingerprint density at radius 2 is 2.11 bits per heavy atom. The minimum absolute atomic E-state index is 0.274. The zero-order valence-corrected chi connectivity index (χ0v) is 11.8. The summed E-state index contributed by atoms with van der Waals surface area (Å²) in [5.74, 6) is 2.15. The van der Waals surface area contributed by atoms with Gasteiger partial charge in [-0.3, -0.25) is 0 Å². The van der Waals surface area contributed by atoms with E-state index in [4.69, 9.17) is 22.1 Å². The summed E-state index contributed by atoms with van der Waals surface area (Å²) in [5.41, 5.74) is 6.29. The Bertz CT molecular complexity index is 411. The van der Waals surface area contributed by atoms with E-state index in [1.165, 1.54) is 6.42 Å². The fraction of sp³-hybridized carbons (Fsp3) is 0.643. The van der Waals surface area contributed by atoms with Gasteiger partial charge in [0.25, 0.3) is 0 Å². The number of aromatic nitrogens is 1. The Morgan fingerprint density at radius 1 is 1.33 bits per heavy atom. The first kappa shape index (κ1) is 13.6. The van der Waals surface area contributed by atoms with Crippen LogP contribution in [-0.2, 0) is 6.54 Å². The topological polar surface area (TPSA) is 48.1 Å². The maximum absolute atomic E-state index is 5.98. The SMILES string of the molecule is CC1CCC(Oc2ccc(Cl)c(CN)n2)CC1C. The van der Waals surface area contributed by atoms with Gasteiger partial charge in [-0.1, -0.05) is 25.4 Å². The third-order valence-electron chi connectivity index (χ3n) is 3.92. The van der Waals surface area contributed by atoms with Crippen LogP contribution in [0.1, 0.15) is 38.8 Å². The van der Waals surface area contributed by atoms with Crippen LogP contribution in [0.15, 0.2) is 12.1 Å². The molecule has 0 aliphatic heterocycles. The molecule has 100 valence electrons. The molecule has 0 saturated heterocycles. The molecule has 0 spiro atoms. The second-order valence-electron chi connectivity index (χ2n) is 5.29. The number of ether oxygens (including phenoxy) is 1. The van der Waals surface area contributed by atoms with Gasteiger partial charge in [0, 0.05) is 12.6 Å². The Balaban J connectivity index is 2.01. The molecule has 1 aliphatic rings. The van der Waals surface area contributed by atoms with Crippen LogP contribution in [0.3, 0.4) is 0 Å². The Kier molecular flexibility index (Phi) is 4.46. The lowest BCUT2D eigenvalue weighted by molar-refractivity contribution is 0.0963. The molecule has 0 amide bonds. The number of pyridine rings is 1. The molecule has 18 heavy (non-hydrogen) atoms. The van der Waals surface area contributed by atoms with Gasteiger partial charge in [0.1, 0.15) is 6.10 Å². The predicted molar refractivity (Wildman–Crippen MR) is 73.7 cm³/mol. The Labute approximate surface area is 114 Å². The first-order valence-corrected chi connectivity index (χ1v) is 7.00. The van der Waals surface area contributed by atoms with E-state index in [1.807, 2.05) is 6.07 Å². The lowest BCUT2D eigenvalue weighted by atomic mass is 9.80. The lowest BCUT2D eigenvalue weighted by Crippen LogP contribution is -2.29. The molecule has 1 heterocycles. The largest absolute Gasteiger partial charge is 0.474 e. The van der Waals surface area contributed by atoms with Crippen molar-refractivity contribution in [1.29, 1.82) is 0 Å². The summed E-state index contributed by atoms with van der Waals surface area (Å²) in [7, 11) is 0. The summed E-state index contributed by atoms with van der Waals surface area (Å²) in [5, 5.41) is 0.607. The van der Waals surface area contributed by atoms with Crippen molar-refractivity contribution in [2.75, 3.05) is 0 Å². The quantitative estimate of drug-likeness (QED) is 0.914. The van der Waals surface area contributed by atoms with Gasteiger partial charge in [0.2, 0.25) is 5.88 Å². The van der Waals surface area contributed by atoms with Crippen LogP contribution < -0.4 is 10.5 Å². The Morgan fingerprint density at radius 3 is 2.78 bits per heavy atom. The van der Waals surface area contributed by atoms with Crippen molar-refractivity contribution in [1.82, 2.24) is 4.98 Å². The molecule has 3 nitrogen and oxygen atoms in total. The fourth-order valence-electron chi connectivity index (χ4n) is 2.45. The van der Waals surface area contributed by atoms with Crippen molar-refractivity contribution >= 4 is 11.6 Å². The lowest BCUT2D eigenvalue weighted by Gasteiger charge is -2.31. The average Bonchev–Trinajstić information content (AvgIpc) is 2.36. The molecule has 1 aromatic heterocycles. The van der Waals surface area contributed by atoms with Gasteiger partial charge in [-0.2, -0.15) is 0 Å². The highest BCUT2D eigenvalue weighted by Crippen LogP contribution is 2.31. The summed E-state index contributed by atoms with van der Waals surface area (Å²) in [6, 6.07) is 3.63. The summed E-state index contributed by atoms with van der Waals surface area (Å²) >= 11 is 5.98. The zero-order valence-electron chi connectivity index (χ0n) is 11.0. The van der Waals surface area contributed by atoms with Crippen LogP contribution >= 0.6 is 11.6 Å². The van der Waals surface area contributed by atoms with Crippen molar-refractivity contribution in [2.45, 2.75) is 45.8 Å². The highest BCUT2D eigenvalue weighted by molar-refractivity contribution is 6.31. The van der Waals surface area contributed by atoms with E-state index in [1.54, 1.807) is 6.07 Å². The molecular weight excluding hydrogens is 248 g/mol. The molecule has 1 aromatic rings. The minimum Gasteiger partial charge on any atom is -0.474 e. The van der Waals surface area contributed by atoms with Crippen LogP contribution in [0.4, 0.5) is 0 Å².